The number of nitrogens with zero attached hydrogens (tertiary/aromatic N) is 1. The zero-order valence-corrected chi connectivity index (χ0v) is 14.7. The first-order chi connectivity index (χ1) is 10.6. The molecule has 2 N–H and O–H groups in total. The lowest BCUT2D eigenvalue weighted by Gasteiger charge is -2.30. The molecule has 0 aromatic carbocycles. The third-order valence-corrected chi connectivity index (χ3v) is 4.02. The Balaban J connectivity index is 1.87. The molecule has 1 aliphatic rings. The predicted octanol–water partition coefficient (Wildman–Crippen LogP) is 2.47. The zero-order valence-electron chi connectivity index (χ0n) is 14.7. The van der Waals surface area contributed by atoms with Gasteiger partial charge < -0.3 is 20.3 Å². The minimum atomic E-state index is -0.0591. The van der Waals surface area contributed by atoms with E-state index in [9.17, 15) is 4.79 Å². The first-order valence-corrected chi connectivity index (χ1v) is 8.89. The maximum Gasteiger partial charge on any atom is 0.314 e. The summed E-state index contributed by atoms with van der Waals surface area (Å²) in [6.07, 6.45) is 4.52. The van der Waals surface area contributed by atoms with Gasteiger partial charge in [0.05, 0.1) is 0 Å². The predicted molar refractivity (Wildman–Crippen MR) is 91.1 cm³/mol. The van der Waals surface area contributed by atoms with Gasteiger partial charge in [-0.2, -0.15) is 0 Å². The maximum atomic E-state index is 11.6. The molecule has 1 saturated heterocycles. The molecule has 2 amide bonds. The maximum absolute atomic E-state index is 11.6. The fraction of sp³-hybridized carbons (Fsp3) is 0.941. The Labute approximate surface area is 136 Å². The van der Waals surface area contributed by atoms with Crippen LogP contribution in [0.25, 0.3) is 0 Å². The second-order valence-corrected chi connectivity index (χ2v) is 6.88. The molecular formula is C17H35N3O2. The minimum Gasteiger partial charge on any atom is -0.381 e. The first kappa shape index (κ1) is 19.2. The fourth-order valence-electron chi connectivity index (χ4n) is 2.55. The van der Waals surface area contributed by atoms with Crippen molar-refractivity contribution in [3.8, 4) is 0 Å². The topological polar surface area (TPSA) is 53.6 Å². The lowest BCUT2D eigenvalue weighted by molar-refractivity contribution is 0.108. The molecular weight excluding hydrogens is 278 g/mol. The quantitative estimate of drug-likeness (QED) is 0.609. The molecule has 0 bridgehead atoms. The Morgan fingerprint density at radius 2 is 1.82 bits per heavy atom. The third kappa shape index (κ3) is 10.0. The molecule has 0 aliphatic carbocycles. The molecule has 0 spiro atoms. The van der Waals surface area contributed by atoms with Crippen molar-refractivity contribution in [1.29, 1.82) is 0 Å². The number of likely N-dealkylation sites (tertiary alicyclic amines) is 1. The van der Waals surface area contributed by atoms with Crippen molar-refractivity contribution in [2.75, 3.05) is 45.9 Å². The average Bonchev–Trinajstić information content (AvgIpc) is 2.49. The van der Waals surface area contributed by atoms with Crippen molar-refractivity contribution < 1.29 is 9.53 Å². The van der Waals surface area contributed by atoms with Crippen LogP contribution in [0.1, 0.15) is 46.5 Å². The summed E-state index contributed by atoms with van der Waals surface area (Å²) in [5.74, 6) is 1.45. The van der Waals surface area contributed by atoms with Crippen LogP contribution < -0.4 is 10.6 Å². The number of carbonyl (C=O) groups excluding carboxylic acids is 1. The van der Waals surface area contributed by atoms with Crippen LogP contribution >= 0.6 is 0 Å². The number of ether oxygens (including phenoxy) is 1. The monoisotopic (exact) mass is 313 g/mol. The van der Waals surface area contributed by atoms with E-state index in [1.807, 2.05) is 0 Å². The molecule has 1 rings (SSSR count). The summed E-state index contributed by atoms with van der Waals surface area (Å²) in [6.45, 7) is 13.1. The summed E-state index contributed by atoms with van der Waals surface area (Å²) in [6, 6.07) is -0.0591. The highest BCUT2D eigenvalue weighted by molar-refractivity contribution is 5.73. The zero-order chi connectivity index (χ0) is 16.2. The van der Waals surface area contributed by atoms with Crippen LogP contribution in [0.4, 0.5) is 4.79 Å². The van der Waals surface area contributed by atoms with Crippen LogP contribution in [-0.4, -0.2) is 56.9 Å². The highest BCUT2D eigenvalue weighted by Crippen LogP contribution is 2.15. The summed E-state index contributed by atoms with van der Waals surface area (Å²) in [7, 11) is 0. The van der Waals surface area contributed by atoms with Gasteiger partial charge in [-0.05, 0) is 57.2 Å². The molecule has 0 aromatic rings. The number of carbonyl (C=O) groups is 1. The van der Waals surface area contributed by atoms with E-state index in [1.165, 1.54) is 25.9 Å². The standard InChI is InChI=1S/C17H35N3O2/c1-15(2)14-22-13-5-9-19-17(21)18-8-4-10-20-11-6-16(3)7-12-20/h15-16H,4-14H2,1-3H3,(H2,18,19,21). The molecule has 1 heterocycles. The second kappa shape index (κ2) is 11.7. The molecule has 0 unspecified atom stereocenters. The third-order valence-electron chi connectivity index (χ3n) is 4.02. The van der Waals surface area contributed by atoms with Gasteiger partial charge in [-0.25, -0.2) is 4.79 Å². The molecule has 0 aromatic heterocycles. The molecule has 0 atom stereocenters. The van der Waals surface area contributed by atoms with Crippen LogP contribution in [0.5, 0.6) is 0 Å². The summed E-state index contributed by atoms with van der Waals surface area (Å²) >= 11 is 0. The summed E-state index contributed by atoms with van der Waals surface area (Å²) in [5.41, 5.74) is 0. The second-order valence-electron chi connectivity index (χ2n) is 6.88. The van der Waals surface area contributed by atoms with Crippen molar-refractivity contribution in [1.82, 2.24) is 15.5 Å². The van der Waals surface area contributed by atoms with Crippen LogP contribution in [0.15, 0.2) is 0 Å². The number of urea groups is 1. The van der Waals surface area contributed by atoms with E-state index in [0.29, 0.717) is 19.1 Å². The van der Waals surface area contributed by atoms with Crippen LogP contribution in [-0.2, 0) is 4.74 Å². The average molecular weight is 313 g/mol. The lowest BCUT2D eigenvalue weighted by atomic mass is 9.99. The SMILES string of the molecule is CC(C)COCCCNC(=O)NCCCN1CCC(C)CC1. The van der Waals surface area contributed by atoms with Crippen LogP contribution in [0, 0.1) is 11.8 Å². The highest BCUT2D eigenvalue weighted by atomic mass is 16.5. The Hall–Kier alpha value is -0.810. The molecule has 0 radical (unpaired) electrons. The van der Waals surface area contributed by atoms with E-state index in [1.54, 1.807) is 0 Å². The van der Waals surface area contributed by atoms with Gasteiger partial charge in [-0.3, -0.25) is 0 Å². The molecule has 5 heteroatoms. The number of nitrogens with one attached hydrogen (secondary N) is 2. The van der Waals surface area contributed by atoms with Gasteiger partial charge >= 0.3 is 6.03 Å². The number of hydrogen-bond donors (Lipinski definition) is 2. The van der Waals surface area contributed by atoms with Crippen molar-refractivity contribution in [3.63, 3.8) is 0 Å². The van der Waals surface area contributed by atoms with Gasteiger partial charge in [-0.1, -0.05) is 20.8 Å². The molecule has 1 aliphatic heterocycles. The lowest BCUT2D eigenvalue weighted by Crippen LogP contribution is -2.39. The fourth-order valence-corrected chi connectivity index (χ4v) is 2.55. The smallest absolute Gasteiger partial charge is 0.314 e. The molecule has 1 fully saturated rings. The normalized spacial score (nSPS) is 16.9. The van der Waals surface area contributed by atoms with Crippen molar-refractivity contribution in [3.05, 3.63) is 0 Å². The Morgan fingerprint density at radius 1 is 1.18 bits per heavy atom. The summed E-state index contributed by atoms with van der Waals surface area (Å²) < 4.78 is 5.47. The van der Waals surface area contributed by atoms with E-state index in [4.69, 9.17) is 4.74 Å². The van der Waals surface area contributed by atoms with Gasteiger partial charge in [0.25, 0.3) is 0 Å². The molecule has 5 nitrogen and oxygen atoms in total. The number of piperidine rings is 1. The van der Waals surface area contributed by atoms with Crippen LogP contribution in [0.3, 0.4) is 0 Å². The van der Waals surface area contributed by atoms with Crippen molar-refractivity contribution >= 4 is 6.03 Å². The first-order valence-electron chi connectivity index (χ1n) is 8.89. The number of amides is 2. The molecule has 0 saturated carbocycles. The van der Waals surface area contributed by atoms with Gasteiger partial charge in [0.15, 0.2) is 0 Å². The van der Waals surface area contributed by atoms with Gasteiger partial charge in [0.1, 0.15) is 0 Å². The van der Waals surface area contributed by atoms with Gasteiger partial charge in [-0.15, -0.1) is 0 Å². The van der Waals surface area contributed by atoms with Crippen molar-refractivity contribution in [2.45, 2.75) is 46.5 Å². The molecule has 22 heavy (non-hydrogen) atoms. The number of rotatable bonds is 10. The van der Waals surface area contributed by atoms with E-state index < -0.39 is 0 Å². The highest BCUT2D eigenvalue weighted by Gasteiger charge is 2.14. The number of hydrogen-bond acceptors (Lipinski definition) is 3. The van der Waals surface area contributed by atoms with Gasteiger partial charge in [0, 0.05) is 26.3 Å². The van der Waals surface area contributed by atoms with Gasteiger partial charge in [0.2, 0.25) is 0 Å². The van der Waals surface area contributed by atoms with E-state index >= 15 is 0 Å². The van der Waals surface area contributed by atoms with Crippen LogP contribution in [0.2, 0.25) is 0 Å². The Kier molecular flexibility index (Phi) is 10.2. The molecule has 130 valence electrons. The minimum absolute atomic E-state index is 0.0591. The van der Waals surface area contributed by atoms with E-state index in [-0.39, 0.29) is 6.03 Å². The Bertz CT molecular complexity index is 290. The van der Waals surface area contributed by atoms with Crippen molar-refractivity contribution in [2.24, 2.45) is 11.8 Å². The Morgan fingerprint density at radius 3 is 2.45 bits per heavy atom. The van der Waals surface area contributed by atoms with E-state index in [0.717, 1.165) is 38.5 Å². The largest absolute Gasteiger partial charge is 0.381 e. The summed E-state index contributed by atoms with van der Waals surface area (Å²) in [5, 5.41) is 5.79. The van der Waals surface area contributed by atoms with E-state index in [2.05, 4.69) is 36.3 Å². The summed E-state index contributed by atoms with van der Waals surface area (Å²) in [4.78, 5) is 14.1.